The van der Waals surface area contributed by atoms with E-state index in [1.807, 2.05) is 0 Å². The quantitative estimate of drug-likeness (QED) is 0.223. The van der Waals surface area contributed by atoms with E-state index in [0.29, 0.717) is 28.6 Å². The van der Waals surface area contributed by atoms with Gasteiger partial charge in [0.2, 0.25) is 15.0 Å². The third-order valence-corrected chi connectivity index (χ3v) is 8.73. The monoisotopic (exact) mass is 605 g/mol. The summed E-state index contributed by atoms with van der Waals surface area (Å²) in [6.45, 7) is 0.958. The minimum Gasteiger partial charge on any atom is -0.467 e. The molecule has 0 N–H and O–H groups in total. The summed E-state index contributed by atoms with van der Waals surface area (Å²) >= 11 is 12.4. The van der Waals surface area contributed by atoms with Crippen molar-refractivity contribution in [3.8, 4) is 0 Å². The Morgan fingerprint density at radius 3 is 2.60 bits per heavy atom. The minimum absolute atomic E-state index is 0.0181. The Hall–Kier alpha value is -3.18. The van der Waals surface area contributed by atoms with E-state index in [1.54, 1.807) is 28.8 Å². The first kappa shape index (κ1) is 28.4. The zero-order valence-corrected chi connectivity index (χ0v) is 23.6. The number of ether oxygens (including phenoxy) is 1. The zero-order valence-electron chi connectivity index (χ0n) is 21.3. The van der Waals surface area contributed by atoms with E-state index in [9.17, 15) is 17.6 Å². The van der Waals surface area contributed by atoms with E-state index in [0.717, 1.165) is 12.8 Å². The summed E-state index contributed by atoms with van der Waals surface area (Å²) in [5.41, 5.74) is 1.17. The van der Waals surface area contributed by atoms with Gasteiger partial charge in [-0.1, -0.05) is 35.3 Å². The van der Waals surface area contributed by atoms with Crippen LogP contribution in [0.5, 0.6) is 0 Å². The summed E-state index contributed by atoms with van der Waals surface area (Å²) in [6.07, 6.45) is 4.40. The van der Waals surface area contributed by atoms with Crippen LogP contribution in [0.3, 0.4) is 0 Å². The molecular weight excluding hydrogens is 580 g/mol. The summed E-state index contributed by atoms with van der Waals surface area (Å²) in [7, 11) is -3.93. The van der Waals surface area contributed by atoms with Crippen LogP contribution in [0.25, 0.3) is 0 Å². The SMILES string of the molecule is O=C(c1ccc(Cl)cc1Cl)N(Cc1ccco1)Cc1cnc(S(=O)(=O)Cc2ccc(F)cc2)n1CC1CCCO1. The van der Waals surface area contributed by atoms with Gasteiger partial charge in [0.05, 0.1) is 60.2 Å². The third-order valence-electron chi connectivity index (χ3n) is 6.59. The average Bonchev–Trinajstić information content (AvgIpc) is 3.69. The second-order valence-corrected chi connectivity index (χ2v) is 12.3. The normalized spacial score (nSPS) is 15.4. The maximum atomic E-state index is 13.7. The molecule has 2 aromatic carbocycles. The Kier molecular flexibility index (Phi) is 8.60. The van der Waals surface area contributed by atoms with Gasteiger partial charge in [0.1, 0.15) is 11.6 Å². The number of furan rings is 1. The fourth-order valence-corrected chi connectivity index (χ4v) is 6.63. The van der Waals surface area contributed by atoms with Gasteiger partial charge in [0, 0.05) is 11.6 Å². The number of carbonyl (C=O) groups excluding carboxylic acids is 1. The molecule has 0 aliphatic carbocycles. The lowest BCUT2D eigenvalue weighted by atomic mass is 10.2. The van der Waals surface area contributed by atoms with Gasteiger partial charge in [0.25, 0.3) is 5.91 Å². The van der Waals surface area contributed by atoms with Crippen LogP contribution in [0.2, 0.25) is 10.0 Å². The van der Waals surface area contributed by atoms with Gasteiger partial charge in [-0.15, -0.1) is 0 Å². The van der Waals surface area contributed by atoms with E-state index >= 15 is 0 Å². The van der Waals surface area contributed by atoms with Crippen molar-refractivity contribution in [3.05, 3.63) is 106 Å². The van der Waals surface area contributed by atoms with Crippen LogP contribution >= 0.6 is 23.2 Å². The van der Waals surface area contributed by atoms with Crippen molar-refractivity contribution in [2.45, 2.75) is 49.5 Å². The van der Waals surface area contributed by atoms with Crippen molar-refractivity contribution in [1.82, 2.24) is 14.5 Å². The van der Waals surface area contributed by atoms with Gasteiger partial charge >= 0.3 is 0 Å². The zero-order chi connectivity index (χ0) is 28.3. The lowest BCUT2D eigenvalue weighted by molar-refractivity contribution is 0.0706. The highest BCUT2D eigenvalue weighted by molar-refractivity contribution is 7.90. The standard InChI is InChI=1S/C28H26Cl2FN3O5S/c29-20-7-10-25(26(30)13-20)27(35)33(16-23-3-1-11-38-23)15-22-14-32-28(34(22)17-24-4-2-12-39-24)40(36,37)18-19-5-8-21(31)9-6-19/h1,3,5-11,13-14,24H,2,4,12,15-18H2. The number of benzene rings is 2. The molecule has 2 aromatic heterocycles. The maximum absolute atomic E-state index is 13.7. The first-order valence-electron chi connectivity index (χ1n) is 12.6. The number of hydrogen-bond acceptors (Lipinski definition) is 6. The predicted octanol–water partition coefficient (Wildman–Crippen LogP) is 5.92. The van der Waals surface area contributed by atoms with Gasteiger partial charge in [-0.3, -0.25) is 4.79 Å². The molecule has 12 heteroatoms. The van der Waals surface area contributed by atoms with Crippen LogP contribution in [0.15, 0.2) is 76.6 Å². The summed E-state index contributed by atoms with van der Waals surface area (Å²) in [5.74, 6) is -0.665. The number of imidazole rings is 1. The molecule has 4 aromatic rings. The number of nitrogens with zero attached hydrogens (tertiary/aromatic N) is 3. The number of aromatic nitrogens is 2. The highest BCUT2D eigenvalue weighted by Gasteiger charge is 2.29. The molecule has 0 spiro atoms. The molecule has 1 unspecified atom stereocenters. The smallest absolute Gasteiger partial charge is 0.256 e. The van der Waals surface area contributed by atoms with Gasteiger partial charge in [-0.2, -0.15) is 0 Å². The van der Waals surface area contributed by atoms with Crippen LogP contribution in [0.4, 0.5) is 4.39 Å². The Morgan fingerprint density at radius 1 is 1.12 bits per heavy atom. The Morgan fingerprint density at radius 2 is 1.93 bits per heavy atom. The average molecular weight is 607 g/mol. The number of sulfone groups is 1. The molecule has 1 amide bonds. The Balaban J connectivity index is 1.50. The Bertz CT molecular complexity index is 1580. The number of amides is 1. The van der Waals surface area contributed by atoms with Crippen molar-refractivity contribution in [3.63, 3.8) is 0 Å². The summed E-state index contributed by atoms with van der Waals surface area (Å²) in [4.78, 5) is 19.5. The summed E-state index contributed by atoms with van der Waals surface area (Å²) in [5, 5.41) is 0.444. The van der Waals surface area contributed by atoms with Crippen LogP contribution in [0.1, 0.15) is 40.2 Å². The van der Waals surface area contributed by atoms with Crippen molar-refractivity contribution in [1.29, 1.82) is 0 Å². The molecule has 0 radical (unpaired) electrons. The molecule has 3 heterocycles. The molecular formula is C28H26Cl2FN3O5S. The highest BCUT2D eigenvalue weighted by Crippen LogP contribution is 2.26. The van der Waals surface area contributed by atoms with Crippen LogP contribution in [0, 0.1) is 5.82 Å². The number of halogens is 3. The van der Waals surface area contributed by atoms with Crippen molar-refractivity contribution < 1.29 is 26.8 Å². The highest BCUT2D eigenvalue weighted by atomic mass is 35.5. The van der Waals surface area contributed by atoms with E-state index in [1.165, 1.54) is 47.7 Å². The maximum Gasteiger partial charge on any atom is 0.256 e. The first-order valence-corrected chi connectivity index (χ1v) is 15.0. The van der Waals surface area contributed by atoms with Crippen LogP contribution < -0.4 is 0 Å². The largest absolute Gasteiger partial charge is 0.467 e. The number of carbonyl (C=O) groups is 1. The molecule has 8 nitrogen and oxygen atoms in total. The first-order chi connectivity index (χ1) is 19.2. The molecule has 0 saturated carbocycles. The van der Waals surface area contributed by atoms with Crippen LogP contribution in [-0.2, 0) is 40.0 Å². The van der Waals surface area contributed by atoms with Crippen molar-refractivity contribution in [2.24, 2.45) is 0 Å². The fraction of sp³-hybridized carbons (Fsp3) is 0.286. The van der Waals surface area contributed by atoms with E-state index < -0.39 is 21.6 Å². The second kappa shape index (κ2) is 12.1. The molecule has 1 fully saturated rings. The molecule has 0 bridgehead atoms. The molecule has 1 aliphatic rings. The second-order valence-electron chi connectivity index (χ2n) is 9.53. The minimum atomic E-state index is -3.93. The van der Waals surface area contributed by atoms with Crippen molar-refractivity contribution >= 4 is 38.9 Å². The van der Waals surface area contributed by atoms with Gasteiger partial charge in [0.15, 0.2) is 0 Å². The van der Waals surface area contributed by atoms with Gasteiger partial charge in [-0.25, -0.2) is 17.8 Å². The fourth-order valence-electron chi connectivity index (χ4n) is 4.64. The summed E-state index contributed by atoms with van der Waals surface area (Å²) < 4.78 is 53.3. The molecule has 210 valence electrons. The van der Waals surface area contributed by atoms with Crippen molar-refractivity contribution in [2.75, 3.05) is 6.61 Å². The lowest BCUT2D eigenvalue weighted by Crippen LogP contribution is -2.32. The molecule has 5 rings (SSSR count). The predicted molar refractivity (Wildman–Crippen MR) is 147 cm³/mol. The van der Waals surface area contributed by atoms with Gasteiger partial charge < -0.3 is 18.6 Å². The molecule has 1 saturated heterocycles. The van der Waals surface area contributed by atoms with E-state index in [4.69, 9.17) is 32.4 Å². The summed E-state index contributed by atoms with van der Waals surface area (Å²) in [6, 6.07) is 13.4. The molecule has 40 heavy (non-hydrogen) atoms. The number of rotatable bonds is 10. The van der Waals surface area contributed by atoms with E-state index in [-0.39, 0.29) is 47.2 Å². The lowest BCUT2D eigenvalue weighted by Gasteiger charge is -2.24. The third kappa shape index (κ3) is 6.58. The van der Waals surface area contributed by atoms with E-state index in [2.05, 4.69) is 4.98 Å². The van der Waals surface area contributed by atoms with Gasteiger partial charge in [-0.05, 0) is 60.9 Å². The molecule has 1 atom stereocenters. The topological polar surface area (TPSA) is 94.6 Å². The molecule has 1 aliphatic heterocycles. The Labute approximate surface area is 241 Å². The number of hydrogen-bond donors (Lipinski definition) is 0. The van der Waals surface area contributed by atoms with Crippen LogP contribution in [-0.4, -0.2) is 41.5 Å².